The third-order valence-electron chi connectivity index (χ3n) is 3.83. The van der Waals surface area contributed by atoms with Gasteiger partial charge in [0.1, 0.15) is 0 Å². The fourth-order valence-corrected chi connectivity index (χ4v) is 3.50. The van der Waals surface area contributed by atoms with Crippen molar-refractivity contribution in [1.82, 2.24) is 10.2 Å². The van der Waals surface area contributed by atoms with Crippen LogP contribution in [0.25, 0.3) is 0 Å². The molecule has 1 saturated carbocycles. The van der Waals surface area contributed by atoms with Crippen LogP contribution in [0.4, 0.5) is 0 Å². The summed E-state index contributed by atoms with van der Waals surface area (Å²) in [6.07, 6.45) is 8.37. The average molecular weight is 226 g/mol. The second-order valence-corrected chi connectivity index (χ2v) is 5.17. The lowest BCUT2D eigenvalue weighted by Crippen LogP contribution is -2.52. The van der Waals surface area contributed by atoms with E-state index in [2.05, 4.69) is 17.1 Å². The van der Waals surface area contributed by atoms with Gasteiger partial charge in [0.05, 0.1) is 0 Å². The SMILES string of the molecule is CCNC(=S)N1CCCC2CCCCC21. The minimum atomic E-state index is 0.749. The molecule has 0 bridgehead atoms. The van der Waals surface area contributed by atoms with Crippen molar-refractivity contribution < 1.29 is 0 Å². The van der Waals surface area contributed by atoms with E-state index in [9.17, 15) is 0 Å². The minimum Gasteiger partial charge on any atom is -0.363 e. The summed E-state index contributed by atoms with van der Waals surface area (Å²) in [6, 6.07) is 0.749. The summed E-state index contributed by atoms with van der Waals surface area (Å²) in [5, 5.41) is 4.30. The van der Waals surface area contributed by atoms with E-state index in [1.54, 1.807) is 0 Å². The molecule has 1 saturated heterocycles. The highest BCUT2D eigenvalue weighted by atomic mass is 32.1. The van der Waals surface area contributed by atoms with Gasteiger partial charge in [-0.1, -0.05) is 12.8 Å². The third-order valence-corrected chi connectivity index (χ3v) is 4.21. The Morgan fingerprint density at radius 1 is 1.27 bits per heavy atom. The zero-order valence-corrected chi connectivity index (χ0v) is 10.5. The molecule has 2 rings (SSSR count). The Labute approximate surface area is 98.4 Å². The molecule has 0 amide bonds. The first-order valence-electron chi connectivity index (χ1n) is 6.37. The zero-order chi connectivity index (χ0) is 10.7. The number of fused-ring (bicyclic) bond motifs is 1. The molecule has 2 aliphatic rings. The van der Waals surface area contributed by atoms with Gasteiger partial charge < -0.3 is 10.2 Å². The molecule has 2 unspecified atom stereocenters. The van der Waals surface area contributed by atoms with Crippen LogP contribution >= 0.6 is 12.2 Å². The first-order chi connectivity index (χ1) is 7.33. The van der Waals surface area contributed by atoms with Crippen LogP contribution in [0.15, 0.2) is 0 Å². The molecule has 0 spiro atoms. The van der Waals surface area contributed by atoms with Crippen molar-refractivity contribution in [2.75, 3.05) is 13.1 Å². The monoisotopic (exact) mass is 226 g/mol. The van der Waals surface area contributed by atoms with Gasteiger partial charge in [-0.15, -0.1) is 0 Å². The Balaban J connectivity index is 2.00. The molecule has 3 heteroatoms. The van der Waals surface area contributed by atoms with Crippen molar-refractivity contribution in [2.45, 2.75) is 51.5 Å². The fourth-order valence-electron chi connectivity index (χ4n) is 3.13. The van der Waals surface area contributed by atoms with Crippen molar-refractivity contribution in [1.29, 1.82) is 0 Å². The molecule has 1 N–H and O–H groups in total. The average Bonchev–Trinajstić information content (AvgIpc) is 2.28. The number of rotatable bonds is 1. The molecule has 2 nitrogen and oxygen atoms in total. The molecule has 15 heavy (non-hydrogen) atoms. The molecule has 0 aromatic carbocycles. The predicted octanol–water partition coefficient (Wildman–Crippen LogP) is 2.54. The van der Waals surface area contributed by atoms with E-state index in [0.717, 1.165) is 23.6 Å². The van der Waals surface area contributed by atoms with E-state index < -0.39 is 0 Å². The molecular weight excluding hydrogens is 204 g/mol. The Bertz CT molecular complexity index is 228. The van der Waals surface area contributed by atoms with Crippen molar-refractivity contribution in [3.8, 4) is 0 Å². The summed E-state index contributed by atoms with van der Waals surface area (Å²) in [5.74, 6) is 0.920. The summed E-state index contributed by atoms with van der Waals surface area (Å²) in [6.45, 7) is 4.24. The molecule has 86 valence electrons. The van der Waals surface area contributed by atoms with Crippen molar-refractivity contribution in [2.24, 2.45) is 5.92 Å². The molecule has 1 heterocycles. The Kier molecular flexibility index (Phi) is 3.84. The van der Waals surface area contributed by atoms with E-state index in [4.69, 9.17) is 12.2 Å². The third kappa shape index (κ3) is 2.44. The van der Waals surface area contributed by atoms with Gasteiger partial charge in [0.2, 0.25) is 0 Å². The standard InChI is InChI=1S/C12H22N2S/c1-2-13-12(15)14-9-5-7-10-6-3-4-8-11(10)14/h10-11H,2-9H2,1H3,(H,13,15). The van der Waals surface area contributed by atoms with Gasteiger partial charge in [-0.2, -0.15) is 0 Å². The van der Waals surface area contributed by atoms with Gasteiger partial charge in [0.15, 0.2) is 5.11 Å². The lowest BCUT2D eigenvalue weighted by molar-refractivity contribution is 0.118. The Morgan fingerprint density at radius 3 is 2.80 bits per heavy atom. The van der Waals surface area contributed by atoms with Crippen LogP contribution in [-0.4, -0.2) is 29.1 Å². The molecule has 0 aromatic rings. The van der Waals surface area contributed by atoms with E-state index in [1.807, 2.05) is 0 Å². The van der Waals surface area contributed by atoms with Crippen LogP contribution in [0.2, 0.25) is 0 Å². The van der Waals surface area contributed by atoms with Crippen molar-refractivity contribution in [3.05, 3.63) is 0 Å². The van der Waals surface area contributed by atoms with Gasteiger partial charge in [-0.05, 0) is 50.7 Å². The second-order valence-electron chi connectivity index (χ2n) is 4.78. The molecular formula is C12H22N2S. The van der Waals surface area contributed by atoms with Crippen LogP contribution < -0.4 is 5.32 Å². The quantitative estimate of drug-likeness (QED) is 0.692. The second kappa shape index (κ2) is 5.15. The van der Waals surface area contributed by atoms with E-state index in [-0.39, 0.29) is 0 Å². The topological polar surface area (TPSA) is 15.3 Å². The smallest absolute Gasteiger partial charge is 0.169 e. The molecule has 2 atom stereocenters. The van der Waals surface area contributed by atoms with Crippen LogP contribution in [0.1, 0.15) is 45.4 Å². The lowest BCUT2D eigenvalue weighted by atomic mass is 9.78. The maximum atomic E-state index is 5.46. The van der Waals surface area contributed by atoms with Crippen molar-refractivity contribution in [3.63, 3.8) is 0 Å². The van der Waals surface area contributed by atoms with Crippen molar-refractivity contribution >= 4 is 17.3 Å². The maximum Gasteiger partial charge on any atom is 0.169 e. The van der Waals surface area contributed by atoms with Gasteiger partial charge in [0, 0.05) is 19.1 Å². The summed E-state index contributed by atoms with van der Waals surface area (Å²) >= 11 is 5.46. The number of nitrogens with zero attached hydrogens (tertiary/aromatic N) is 1. The van der Waals surface area contributed by atoms with Crippen LogP contribution in [0.3, 0.4) is 0 Å². The normalized spacial score (nSPS) is 30.9. The van der Waals surface area contributed by atoms with Gasteiger partial charge in [-0.25, -0.2) is 0 Å². The van der Waals surface area contributed by atoms with Gasteiger partial charge in [-0.3, -0.25) is 0 Å². The first-order valence-corrected chi connectivity index (χ1v) is 6.78. The van der Waals surface area contributed by atoms with E-state index >= 15 is 0 Å². The first kappa shape index (κ1) is 11.2. The van der Waals surface area contributed by atoms with E-state index in [1.165, 1.54) is 45.1 Å². The number of hydrogen-bond donors (Lipinski definition) is 1. The fraction of sp³-hybridized carbons (Fsp3) is 0.917. The summed E-state index contributed by atoms with van der Waals surface area (Å²) in [4.78, 5) is 2.46. The number of hydrogen-bond acceptors (Lipinski definition) is 1. The van der Waals surface area contributed by atoms with Crippen LogP contribution in [0, 0.1) is 5.92 Å². The van der Waals surface area contributed by atoms with Gasteiger partial charge in [0.25, 0.3) is 0 Å². The Morgan fingerprint density at radius 2 is 2.00 bits per heavy atom. The van der Waals surface area contributed by atoms with E-state index in [0.29, 0.717) is 0 Å². The minimum absolute atomic E-state index is 0.749. The van der Waals surface area contributed by atoms with Gasteiger partial charge >= 0.3 is 0 Å². The number of thiocarbonyl (C=S) groups is 1. The summed E-state index contributed by atoms with van der Waals surface area (Å²) in [5.41, 5.74) is 0. The Hall–Kier alpha value is -0.310. The predicted molar refractivity (Wildman–Crippen MR) is 68.0 cm³/mol. The highest BCUT2D eigenvalue weighted by Gasteiger charge is 2.33. The maximum absolute atomic E-state index is 5.46. The molecule has 0 radical (unpaired) electrons. The number of nitrogens with one attached hydrogen (secondary N) is 1. The largest absolute Gasteiger partial charge is 0.363 e. The highest BCUT2D eigenvalue weighted by molar-refractivity contribution is 7.80. The highest BCUT2D eigenvalue weighted by Crippen LogP contribution is 2.35. The molecule has 1 aliphatic heterocycles. The van der Waals surface area contributed by atoms with Crippen LogP contribution in [-0.2, 0) is 0 Å². The van der Waals surface area contributed by atoms with Crippen LogP contribution in [0.5, 0.6) is 0 Å². The summed E-state index contributed by atoms with van der Waals surface area (Å²) in [7, 11) is 0. The summed E-state index contributed by atoms with van der Waals surface area (Å²) < 4.78 is 0. The molecule has 2 fully saturated rings. The lowest BCUT2D eigenvalue weighted by Gasteiger charge is -2.45. The number of piperidine rings is 1. The number of likely N-dealkylation sites (tertiary alicyclic amines) is 1. The zero-order valence-electron chi connectivity index (χ0n) is 9.67. The molecule has 0 aromatic heterocycles. The molecule has 1 aliphatic carbocycles.